The quantitative estimate of drug-likeness (QED) is 0.356. The van der Waals surface area contributed by atoms with Crippen LogP contribution in [0.15, 0.2) is 60.7 Å². The van der Waals surface area contributed by atoms with Crippen molar-refractivity contribution < 1.29 is 16.4 Å². The molecule has 0 N–H and O–H groups in total. The molecule has 0 bridgehead atoms. The molecule has 0 saturated carbocycles. The van der Waals surface area contributed by atoms with Crippen molar-refractivity contribution in [2.45, 2.75) is 0 Å². The van der Waals surface area contributed by atoms with Crippen LogP contribution in [0.3, 0.4) is 0 Å². The van der Waals surface area contributed by atoms with E-state index >= 15 is 0 Å². The topological polar surface area (TPSA) is 6.48 Å². The number of rotatable bonds is 5. The lowest BCUT2D eigenvalue weighted by Gasteiger charge is -2.37. The van der Waals surface area contributed by atoms with E-state index in [9.17, 15) is 16.4 Å². The van der Waals surface area contributed by atoms with E-state index in [1.54, 1.807) is 12.1 Å². The molecule has 2 aromatic rings. The van der Waals surface area contributed by atoms with Crippen molar-refractivity contribution in [3.8, 4) is 0 Å². The van der Waals surface area contributed by atoms with E-state index in [1.165, 1.54) is 62.6 Å². The molecule has 0 atom stereocenters. The fourth-order valence-electron chi connectivity index (χ4n) is 2.20. The van der Waals surface area contributed by atoms with Crippen LogP contribution >= 0.6 is 0 Å². The lowest BCUT2D eigenvalue weighted by Crippen LogP contribution is -2.73. The number of benzene rings is 2. The van der Waals surface area contributed by atoms with Gasteiger partial charge in [0.1, 0.15) is 0 Å². The minimum absolute atomic E-state index is 0.0602. The fraction of sp³-hybridized carbons (Fsp3) is 0.143. The van der Waals surface area contributed by atoms with Crippen LogP contribution in [-0.4, -0.2) is 41.3 Å². The molecule has 0 spiro atoms. The minimum Gasteiger partial charge on any atom is -0.252 e. The third-order valence-electron chi connectivity index (χ3n) is 3.17. The van der Waals surface area contributed by atoms with E-state index in [4.69, 9.17) is 0 Å². The summed E-state index contributed by atoms with van der Waals surface area (Å²) in [6.07, 6.45) is 0. The molecular formula is C14H16F4N2Si2. The Hall–Kier alpha value is -1.49. The van der Waals surface area contributed by atoms with Gasteiger partial charge in [-0.25, -0.2) is 16.4 Å². The van der Waals surface area contributed by atoms with E-state index in [2.05, 4.69) is 0 Å². The first kappa shape index (κ1) is 16.9. The summed E-state index contributed by atoms with van der Waals surface area (Å²) in [4.78, 5) is 0. The summed E-state index contributed by atoms with van der Waals surface area (Å²) in [5, 5.41) is 0.178. The SMILES string of the molecule is CN(C)N([Si](F)(F)c1ccccc1)[Si](F)(F)c1ccccc1. The van der Waals surface area contributed by atoms with Crippen LogP contribution in [0.5, 0.6) is 0 Å². The summed E-state index contributed by atoms with van der Waals surface area (Å²) in [5.74, 6) is 0. The van der Waals surface area contributed by atoms with Crippen molar-refractivity contribution in [3.05, 3.63) is 60.7 Å². The molecule has 22 heavy (non-hydrogen) atoms. The second-order valence-corrected chi connectivity index (χ2v) is 9.59. The molecule has 2 rings (SSSR count). The van der Waals surface area contributed by atoms with Crippen molar-refractivity contribution in [2.24, 2.45) is 0 Å². The number of halogens is 4. The number of hydrogen-bond acceptors (Lipinski definition) is 2. The molecule has 0 aliphatic carbocycles. The van der Waals surface area contributed by atoms with Crippen molar-refractivity contribution in [2.75, 3.05) is 14.1 Å². The van der Waals surface area contributed by atoms with Crippen LogP contribution in [0.2, 0.25) is 0 Å². The normalized spacial score (nSPS) is 12.9. The zero-order valence-corrected chi connectivity index (χ0v) is 14.2. The Bertz CT molecular complexity index is 557. The summed E-state index contributed by atoms with van der Waals surface area (Å²) in [6, 6.07) is 13.7. The van der Waals surface area contributed by atoms with Crippen molar-refractivity contribution in [3.63, 3.8) is 0 Å². The van der Waals surface area contributed by atoms with Crippen LogP contribution in [-0.2, 0) is 0 Å². The lowest BCUT2D eigenvalue weighted by atomic mass is 10.4. The maximum Gasteiger partial charge on any atom is 0.551 e. The standard InChI is InChI=1S/C14H16F4N2Si2/c1-19(2)20(21(15,16)13-9-5-3-6-10-13)22(17,18)14-11-7-4-8-12-14/h3-12H,1-2H3. The zero-order valence-electron chi connectivity index (χ0n) is 12.2. The Morgan fingerprint density at radius 1 is 0.636 bits per heavy atom. The third kappa shape index (κ3) is 3.14. The van der Waals surface area contributed by atoms with Crippen LogP contribution in [0.25, 0.3) is 0 Å². The minimum atomic E-state index is -5.52. The Morgan fingerprint density at radius 2 is 0.955 bits per heavy atom. The van der Waals surface area contributed by atoms with Gasteiger partial charge in [-0.05, 0) is 0 Å². The molecule has 8 heteroatoms. The Morgan fingerprint density at radius 3 is 1.23 bits per heavy atom. The second kappa shape index (κ2) is 6.33. The highest BCUT2D eigenvalue weighted by Crippen LogP contribution is 2.25. The number of nitrogens with zero attached hydrogens (tertiary/aromatic N) is 2. The Kier molecular flexibility index (Phi) is 4.85. The van der Waals surface area contributed by atoms with Gasteiger partial charge in [0.2, 0.25) is 0 Å². The summed E-state index contributed by atoms with van der Waals surface area (Å²) in [7, 11) is -8.58. The van der Waals surface area contributed by atoms with Gasteiger partial charge in [-0.15, -0.1) is 0 Å². The monoisotopic (exact) mass is 344 g/mol. The molecule has 0 radical (unpaired) electrons. The van der Waals surface area contributed by atoms with E-state index in [0.29, 0.717) is 0 Å². The van der Waals surface area contributed by atoms with E-state index in [1.807, 2.05) is 0 Å². The lowest BCUT2D eigenvalue weighted by molar-refractivity contribution is 0.146. The molecule has 0 aromatic heterocycles. The summed E-state index contributed by atoms with van der Waals surface area (Å²) in [6.45, 7) is 0. The molecule has 0 amide bonds. The highest BCUT2D eigenvalue weighted by atomic mass is 28.5. The van der Waals surface area contributed by atoms with Gasteiger partial charge >= 0.3 is 17.8 Å². The van der Waals surface area contributed by atoms with Gasteiger partial charge in [-0.2, -0.15) is 4.34 Å². The first-order chi connectivity index (χ1) is 10.3. The Balaban J connectivity index is 2.51. The van der Waals surface area contributed by atoms with Crippen molar-refractivity contribution in [1.82, 2.24) is 9.35 Å². The van der Waals surface area contributed by atoms with Gasteiger partial charge in [0.05, 0.1) is 0 Å². The summed E-state index contributed by atoms with van der Waals surface area (Å²) in [5.41, 5.74) is 0. The van der Waals surface area contributed by atoms with E-state index in [0.717, 1.165) is 5.01 Å². The van der Waals surface area contributed by atoms with Crippen LogP contribution in [0.4, 0.5) is 16.4 Å². The van der Waals surface area contributed by atoms with E-state index < -0.39 is 17.8 Å². The largest absolute Gasteiger partial charge is 0.551 e. The molecule has 0 heterocycles. The van der Waals surface area contributed by atoms with Crippen molar-refractivity contribution in [1.29, 1.82) is 0 Å². The fourth-order valence-corrected chi connectivity index (χ4v) is 7.07. The van der Waals surface area contributed by atoms with Crippen molar-refractivity contribution >= 4 is 28.2 Å². The van der Waals surface area contributed by atoms with Gasteiger partial charge in [0, 0.05) is 24.5 Å². The van der Waals surface area contributed by atoms with Gasteiger partial charge in [0.15, 0.2) is 0 Å². The molecule has 118 valence electrons. The zero-order chi connectivity index (χ0) is 16.4. The second-order valence-electron chi connectivity index (χ2n) is 4.97. The van der Waals surface area contributed by atoms with Crippen LogP contribution in [0.1, 0.15) is 0 Å². The first-order valence-electron chi connectivity index (χ1n) is 6.62. The molecule has 0 fully saturated rings. The summed E-state index contributed by atoms with van der Waals surface area (Å²) < 4.78 is 59.4. The predicted molar refractivity (Wildman–Crippen MR) is 83.6 cm³/mol. The molecule has 2 aromatic carbocycles. The molecule has 0 unspecified atom stereocenters. The molecule has 0 aliphatic heterocycles. The average molecular weight is 344 g/mol. The molecule has 0 saturated heterocycles. The van der Waals surface area contributed by atoms with E-state index in [-0.39, 0.29) is 14.7 Å². The molecular weight excluding hydrogens is 328 g/mol. The highest BCUT2D eigenvalue weighted by molar-refractivity contribution is 6.92. The number of hydrazine groups is 1. The molecule has 2 nitrogen and oxygen atoms in total. The maximum absolute atomic E-state index is 14.8. The average Bonchev–Trinajstić information content (AvgIpc) is 2.48. The van der Waals surface area contributed by atoms with Crippen LogP contribution < -0.4 is 10.4 Å². The van der Waals surface area contributed by atoms with Gasteiger partial charge < -0.3 is 0 Å². The van der Waals surface area contributed by atoms with Gasteiger partial charge in [0.25, 0.3) is 0 Å². The smallest absolute Gasteiger partial charge is 0.252 e. The molecule has 0 aliphatic rings. The predicted octanol–water partition coefficient (Wildman–Crippen LogP) is 2.34. The number of hydrogen-bond donors (Lipinski definition) is 0. The third-order valence-corrected chi connectivity index (χ3v) is 8.78. The first-order valence-corrected chi connectivity index (χ1v) is 10.0. The Labute approximate surface area is 129 Å². The van der Waals surface area contributed by atoms with Crippen LogP contribution in [0, 0.1) is 0 Å². The summed E-state index contributed by atoms with van der Waals surface area (Å²) >= 11 is 0. The highest BCUT2D eigenvalue weighted by Gasteiger charge is 2.62. The van der Waals surface area contributed by atoms with Gasteiger partial charge in [-0.1, -0.05) is 60.7 Å². The van der Waals surface area contributed by atoms with Gasteiger partial charge in [-0.3, -0.25) is 5.01 Å². The maximum atomic E-state index is 14.8.